The van der Waals surface area contributed by atoms with Crippen LogP contribution in [-0.4, -0.2) is 45.1 Å². The summed E-state index contributed by atoms with van der Waals surface area (Å²) in [4.78, 5) is 11.2. The maximum Gasteiger partial charge on any atom is 0.322 e. The van der Waals surface area contributed by atoms with Gasteiger partial charge in [-0.05, 0) is 34.7 Å². The first-order chi connectivity index (χ1) is 10.2. The Labute approximate surface area is 126 Å². The van der Waals surface area contributed by atoms with Gasteiger partial charge in [0.15, 0.2) is 5.82 Å². The van der Waals surface area contributed by atoms with Crippen LogP contribution in [0.15, 0.2) is 30.3 Å². The Morgan fingerprint density at radius 3 is 2.90 bits per heavy atom. The van der Waals surface area contributed by atoms with Crippen LogP contribution < -0.4 is 5.73 Å². The van der Waals surface area contributed by atoms with Gasteiger partial charge in [-0.1, -0.05) is 18.2 Å². The van der Waals surface area contributed by atoms with Gasteiger partial charge in [-0.15, -0.1) is 5.10 Å². The normalized spacial score (nSPS) is 12.1. The summed E-state index contributed by atoms with van der Waals surface area (Å²) < 4.78 is 6.28. The van der Waals surface area contributed by atoms with Crippen molar-refractivity contribution in [2.24, 2.45) is 5.73 Å². The van der Waals surface area contributed by atoms with E-state index in [2.05, 4.69) is 20.3 Å². The average Bonchev–Trinajstić information content (AvgIpc) is 2.99. The smallest absolute Gasteiger partial charge is 0.322 e. The van der Waals surface area contributed by atoms with Gasteiger partial charge in [-0.3, -0.25) is 4.79 Å². The first-order valence-electron chi connectivity index (χ1n) is 6.46. The molecule has 8 heteroatoms. The van der Waals surface area contributed by atoms with Crippen LogP contribution in [0.25, 0.3) is 5.69 Å². The van der Waals surface area contributed by atoms with E-state index in [1.807, 2.05) is 30.3 Å². The lowest BCUT2D eigenvalue weighted by Gasteiger charge is -2.08. The average molecular weight is 307 g/mol. The van der Waals surface area contributed by atoms with Crippen molar-refractivity contribution >= 4 is 17.7 Å². The minimum atomic E-state index is -0.576. The van der Waals surface area contributed by atoms with Crippen molar-refractivity contribution in [3.8, 4) is 5.69 Å². The molecular weight excluding hydrogens is 290 g/mol. The van der Waals surface area contributed by atoms with Crippen molar-refractivity contribution in [1.82, 2.24) is 20.2 Å². The van der Waals surface area contributed by atoms with Gasteiger partial charge in [0, 0.05) is 0 Å². The Bertz CT molecular complexity index is 575. The molecule has 2 N–H and O–H groups in total. The molecule has 1 aromatic heterocycles. The Hall–Kier alpha value is -1.93. The molecule has 0 amide bonds. The number of nitrogens with zero attached hydrogens (tertiary/aromatic N) is 4. The van der Waals surface area contributed by atoms with Crippen molar-refractivity contribution in [3.63, 3.8) is 0 Å². The zero-order valence-electron chi connectivity index (χ0n) is 11.7. The quantitative estimate of drug-likeness (QED) is 0.596. The lowest BCUT2D eigenvalue weighted by atomic mass is 10.2. The molecule has 1 atom stereocenters. The first-order valence-corrected chi connectivity index (χ1v) is 7.61. The highest BCUT2D eigenvalue weighted by atomic mass is 32.2. The van der Waals surface area contributed by atoms with Crippen LogP contribution >= 0.6 is 11.8 Å². The minimum Gasteiger partial charge on any atom is -0.468 e. The number of carbonyl (C=O) groups is 1. The van der Waals surface area contributed by atoms with Crippen LogP contribution in [-0.2, 0) is 15.3 Å². The highest BCUT2D eigenvalue weighted by Crippen LogP contribution is 2.14. The van der Waals surface area contributed by atoms with E-state index >= 15 is 0 Å². The number of tetrazole rings is 1. The Kier molecular flexibility index (Phi) is 5.70. The number of hydrogen-bond acceptors (Lipinski definition) is 7. The Balaban J connectivity index is 1.85. The van der Waals surface area contributed by atoms with Gasteiger partial charge in [0.2, 0.25) is 0 Å². The number of benzene rings is 1. The van der Waals surface area contributed by atoms with E-state index in [-0.39, 0.29) is 5.97 Å². The van der Waals surface area contributed by atoms with Gasteiger partial charge < -0.3 is 10.5 Å². The van der Waals surface area contributed by atoms with Gasteiger partial charge in [-0.25, -0.2) is 0 Å². The molecule has 0 saturated carbocycles. The van der Waals surface area contributed by atoms with E-state index in [0.717, 1.165) is 17.3 Å². The largest absolute Gasteiger partial charge is 0.468 e. The number of carbonyl (C=O) groups excluding carboxylic acids is 1. The number of para-hydroxylation sites is 1. The number of hydrogen-bond donors (Lipinski definition) is 1. The van der Waals surface area contributed by atoms with E-state index in [9.17, 15) is 4.79 Å². The molecule has 0 radical (unpaired) electrons. The van der Waals surface area contributed by atoms with Crippen molar-refractivity contribution in [3.05, 3.63) is 36.2 Å². The van der Waals surface area contributed by atoms with Crippen molar-refractivity contribution in [1.29, 1.82) is 0 Å². The second kappa shape index (κ2) is 7.75. The molecule has 0 fully saturated rings. The number of nitrogens with two attached hydrogens (primary N) is 1. The topological polar surface area (TPSA) is 95.9 Å². The summed E-state index contributed by atoms with van der Waals surface area (Å²) in [6.45, 7) is 0. The molecule has 0 aliphatic heterocycles. The third kappa shape index (κ3) is 4.27. The van der Waals surface area contributed by atoms with E-state index in [1.165, 1.54) is 7.11 Å². The van der Waals surface area contributed by atoms with E-state index in [1.54, 1.807) is 16.4 Å². The standard InChI is InChI=1S/C13H17N5O2S/c1-20-13(19)11(14)7-8-21-9-12-15-16-17-18(12)10-5-3-2-4-6-10/h2-6,11H,7-9,14H2,1H3. The minimum absolute atomic E-state index is 0.385. The van der Waals surface area contributed by atoms with Gasteiger partial charge in [-0.2, -0.15) is 16.4 Å². The molecule has 7 nitrogen and oxygen atoms in total. The summed E-state index contributed by atoms with van der Waals surface area (Å²) in [6.07, 6.45) is 0.560. The molecule has 2 rings (SSSR count). The second-order valence-electron chi connectivity index (χ2n) is 4.31. The molecule has 1 unspecified atom stereocenters. The monoisotopic (exact) mass is 307 g/mol. The number of thioether (sulfide) groups is 1. The van der Waals surface area contributed by atoms with Crippen LogP contribution in [0.5, 0.6) is 0 Å². The SMILES string of the molecule is COC(=O)C(N)CCSCc1nnnn1-c1ccccc1. The van der Waals surface area contributed by atoms with Gasteiger partial charge in [0.05, 0.1) is 18.6 Å². The zero-order chi connectivity index (χ0) is 15.1. The third-order valence-electron chi connectivity index (χ3n) is 2.84. The van der Waals surface area contributed by atoms with Gasteiger partial charge >= 0.3 is 5.97 Å². The number of methoxy groups -OCH3 is 1. The third-order valence-corrected chi connectivity index (χ3v) is 3.83. The summed E-state index contributed by atoms with van der Waals surface area (Å²) in [7, 11) is 1.34. The number of esters is 1. The van der Waals surface area contributed by atoms with Crippen LogP contribution in [0.4, 0.5) is 0 Å². The van der Waals surface area contributed by atoms with Gasteiger partial charge in [0.1, 0.15) is 6.04 Å². The number of ether oxygens (including phenoxy) is 1. The summed E-state index contributed by atoms with van der Waals surface area (Å²) >= 11 is 1.62. The molecule has 0 aliphatic carbocycles. The molecule has 0 spiro atoms. The number of aromatic nitrogens is 4. The fourth-order valence-electron chi connectivity index (χ4n) is 1.71. The van der Waals surface area contributed by atoms with E-state index in [0.29, 0.717) is 12.2 Å². The maximum absolute atomic E-state index is 11.2. The maximum atomic E-state index is 11.2. The molecular formula is C13H17N5O2S. The van der Waals surface area contributed by atoms with Crippen LogP contribution in [0, 0.1) is 0 Å². The fourth-order valence-corrected chi connectivity index (χ4v) is 2.64. The highest BCUT2D eigenvalue weighted by molar-refractivity contribution is 7.98. The Morgan fingerprint density at radius 2 is 2.19 bits per heavy atom. The van der Waals surface area contributed by atoms with Crippen molar-refractivity contribution < 1.29 is 9.53 Å². The lowest BCUT2D eigenvalue weighted by molar-refractivity contribution is -0.142. The highest BCUT2D eigenvalue weighted by Gasteiger charge is 2.13. The lowest BCUT2D eigenvalue weighted by Crippen LogP contribution is -2.32. The van der Waals surface area contributed by atoms with E-state index < -0.39 is 6.04 Å². The second-order valence-corrected chi connectivity index (χ2v) is 5.42. The predicted molar refractivity (Wildman–Crippen MR) is 79.9 cm³/mol. The predicted octanol–water partition coefficient (Wildman–Crippen LogP) is 0.786. The first kappa shape index (κ1) is 15.5. The number of rotatable bonds is 7. The Morgan fingerprint density at radius 1 is 1.43 bits per heavy atom. The molecule has 21 heavy (non-hydrogen) atoms. The van der Waals surface area contributed by atoms with Crippen molar-refractivity contribution in [2.75, 3.05) is 12.9 Å². The fraction of sp³-hybridized carbons (Fsp3) is 0.385. The van der Waals surface area contributed by atoms with Crippen LogP contribution in [0.3, 0.4) is 0 Å². The summed E-state index contributed by atoms with van der Waals surface area (Å²) in [5.74, 6) is 1.76. The molecule has 1 heterocycles. The molecule has 0 aliphatic rings. The van der Waals surface area contributed by atoms with E-state index in [4.69, 9.17) is 5.73 Å². The molecule has 0 bridgehead atoms. The molecule has 0 saturated heterocycles. The zero-order valence-corrected chi connectivity index (χ0v) is 12.5. The van der Waals surface area contributed by atoms with Gasteiger partial charge in [0.25, 0.3) is 0 Å². The molecule has 112 valence electrons. The van der Waals surface area contributed by atoms with Crippen molar-refractivity contribution in [2.45, 2.75) is 18.2 Å². The van der Waals surface area contributed by atoms with Crippen LogP contribution in [0.2, 0.25) is 0 Å². The summed E-state index contributed by atoms with van der Waals surface area (Å²) in [6, 6.07) is 9.12. The molecule has 2 aromatic rings. The summed E-state index contributed by atoms with van der Waals surface area (Å²) in [5.41, 5.74) is 6.60. The van der Waals surface area contributed by atoms with Crippen LogP contribution in [0.1, 0.15) is 12.2 Å². The summed E-state index contributed by atoms with van der Waals surface area (Å²) in [5, 5.41) is 11.7. The molecule has 1 aromatic carbocycles.